The predicted octanol–water partition coefficient (Wildman–Crippen LogP) is 4.43. The summed E-state index contributed by atoms with van der Waals surface area (Å²) in [6.45, 7) is 13.4. The topological polar surface area (TPSA) is 112 Å². The van der Waals surface area contributed by atoms with Crippen LogP contribution in [-0.2, 0) is 27.2 Å². The van der Waals surface area contributed by atoms with Crippen molar-refractivity contribution in [2.45, 2.75) is 79.8 Å². The number of aromatic hydroxyl groups is 2. The normalized spacial score (nSPS) is 13.3. The average molecular weight is 438 g/mol. The van der Waals surface area contributed by atoms with Crippen molar-refractivity contribution in [1.29, 1.82) is 0 Å². The van der Waals surface area contributed by atoms with E-state index in [9.17, 15) is 19.3 Å². The van der Waals surface area contributed by atoms with E-state index in [0.717, 1.165) is 12.1 Å². The van der Waals surface area contributed by atoms with Gasteiger partial charge in [0, 0.05) is 0 Å². The Morgan fingerprint density at radius 3 is 1.00 bits per heavy atom. The van der Waals surface area contributed by atoms with Crippen LogP contribution in [0.1, 0.15) is 55.4 Å². The first kappa shape index (κ1) is 25.2. The molecule has 1 aromatic rings. The molecule has 10 heteroatoms. The summed E-state index contributed by atoms with van der Waals surface area (Å²) in [4.78, 5) is 0. The van der Waals surface area contributed by atoms with Gasteiger partial charge in [-0.2, -0.15) is 0 Å². The molecule has 0 aliphatic carbocycles. The zero-order valence-corrected chi connectivity index (χ0v) is 19.5. The molecule has 2 N–H and O–H groups in total. The van der Waals surface area contributed by atoms with E-state index in [1.54, 1.807) is 55.4 Å². The highest BCUT2D eigenvalue weighted by Crippen LogP contribution is 2.55. The minimum Gasteiger partial charge on any atom is -0.507 e. The van der Waals surface area contributed by atoms with Crippen LogP contribution in [0.3, 0.4) is 0 Å². The highest BCUT2D eigenvalue weighted by molar-refractivity contribution is 7.63. The number of phenolic OH excluding ortho intramolecular Hbond substituents is 2. The monoisotopic (exact) mass is 438 g/mol. The Morgan fingerprint density at radius 2 is 0.821 bits per heavy atom. The van der Waals surface area contributed by atoms with E-state index in [2.05, 4.69) is 0 Å². The zero-order valence-electron chi connectivity index (χ0n) is 17.7. The van der Waals surface area contributed by atoms with E-state index in [0.29, 0.717) is 0 Å². The first-order valence-corrected chi connectivity index (χ1v) is 12.3. The quantitative estimate of drug-likeness (QED) is 0.408. The Hall–Kier alpha value is -0.880. The Morgan fingerprint density at radius 1 is 0.607 bits per heavy atom. The summed E-state index contributed by atoms with van der Waals surface area (Å²) in [7, 11) is -7.91. The van der Waals surface area contributed by atoms with Crippen molar-refractivity contribution in [2.24, 2.45) is 0 Å². The Balaban J connectivity index is 3.56. The Kier molecular flexibility index (Phi) is 8.76. The van der Waals surface area contributed by atoms with Crippen LogP contribution in [0, 0.1) is 0 Å². The Labute approximate surface area is 167 Å². The van der Waals surface area contributed by atoms with E-state index >= 15 is 0 Å². The van der Waals surface area contributed by atoms with Crippen molar-refractivity contribution in [3.05, 3.63) is 12.1 Å². The fourth-order valence-corrected chi connectivity index (χ4v) is 6.41. The third kappa shape index (κ3) is 6.58. The molecule has 0 atom stereocenters. The number of phenols is 2. The highest BCUT2D eigenvalue weighted by Gasteiger charge is 2.39. The smallest absolute Gasteiger partial charge is 0.365 e. The molecule has 162 valence electrons. The van der Waals surface area contributed by atoms with E-state index < -0.39 is 51.1 Å². The number of hydrogen-bond donors (Lipinski definition) is 2. The first-order valence-electron chi connectivity index (χ1n) is 9.21. The number of benzene rings is 1. The summed E-state index contributed by atoms with van der Waals surface area (Å²) in [5.74, 6) is -1.00. The highest BCUT2D eigenvalue weighted by atomic mass is 31.2. The van der Waals surface area contributed by atoms with Crippen LogP contribution in [0.2, 0.25) is 0 Å². The summed E-state index contributed by atoms with van der Waals surface area (Å²) in [6.07, 6.45) is -1.87. The lowest BCUT2D eigenvalue weighted by Gasteiger charge is -2.26. The summed E-state index contributed by atoms with van der Waals surface area (Å²) in [5, 5.41) is 20.6. The summed E-state index contributed by atoms with van der Waals surface area (Å²) >= 11 is 0. The maximum atomic E-state index is 13.3. The standard InChI is InChI=1S/C18H32O8P2/c1-11(2)23-27(21,24-12(3)4)17-9-16(20)18(10-15(17)19)28(22,25-13(5)6)26-14(7)8/h9-14,19-20H,1-8H3. The number of hydrogen-bond acceptors (Lipinski definition) is 8. The molecular formula is C18H32O8P2. The minimum atomic E-state index is -3.96. The van der Waals surface area contributed by atoms with E-state index in [-0.39, 0.29) is 10.6 Å². The van der Waals surface area contributed by atoms with E-state index in [4.69, 9.17) is 18.1 Å². The third-order valence-corrected chi connectivity index (χ3v) is 7.75. The van der Waals surface area contributed by atoms with Crippen LogP contribution in [0.15, 0.2) is 12.1 Å². The lowest BCUT2D eigenvalue weighted by Crippen LogP contribution is -2.21. The fourth-order valence-electron chi connectivity index (χ4n) is 2.38. The maximum absolute atomic E-state index is 13.3. The molecule has 0 amide bonds. The van der Waals surface area contributed by atoms with Gasteiger partial charge in [-0.3, -0.25) is 9.13 Å². The third-order valence-electron chi connectivity index (χ3n) is 3.06. The molecule has 0 spiro atoms. The van der Waals surface area contributed by atoms with Gasteiger partial charge in [0.15, 0.2) is 0 Å². The van der Waals surface area contributed by atoms with Crippen molar-refractivity contribution in [3.63, 3.8) is 0 Å². The van der Waals surface area contributed by atoms with E-state index in [1.165, 1.54) is 0 Å². The molecule has 0 unspecified atom stereocenters. The van der Waals surface area contributed by atoms with Gasteiger partial charge in [0.1, 0.15) is 22.1 Å². The van der Waals surface area contributed by atoms with Crippen LogP contribution in [-0.4, -0.2) is 34.6 Å². The second-order valence-corrected chi connectivity index (χ2v) is 11.2. The van der Waals surface area contributed by atoms with E-state index in [1.807, 2.05) is 0 Å². The largest absolute Gasteiger partial charge is 0.507 e. The Bertz CT molecular complexity index is 666. The van der Waals surface area contributed by atoms with Crippen LogP contribution < -0.4 is 10.6 Å². The molecular weight excluding hydrogens is 406 g/mol. The molecule has 0 aliphatic heterocycles. The molecule has 0 aromatic heterocycles. The van der Waals surface area contributed by atoms with Gasteiger partial charge in [0.2, 0.25) is 0 Å². The predicted molar refractivity (Wildman–Crippen MR) is 109 cm³/mol. The summed E-state index contributed by atoms with van der Waals surface area (Å²) in [6, 6.07) is 2.05. The summed E-state index contributed by atoms with van der Waals surface area (Å²) < 4.78 is 48.4. The molecule has 0 bridgehead atoms. The van der Waals surface area contributed by atoms with Crippen molar-refractivity contribution in [1.82, 2.24) is 0 Å². The molecule has 0 heterocycles. The maximum Gasteiger partial charge on any atom is 0.365 e. The van der Waals surface area contributed by atoms with Gasteiger partial charge < -0.3 is 28.3 Å². The molecule has 0 aliphatic rings. The fraction of sp³-hybridized carbons (Fsp3) is 0.667. The molecule has 0 saturated heterocycles. The van der Waals surface area contributed by atoms with Crippen LogP contribution in [0.5, 0.6) is 11.5 Å². The van der Waals surface area contributed by atoms with Gasteiger partial charge in [0.05, 0.1) is 24.4 Å². The van der Waals surface area contributed by atoms with Crippen molar-refractivity contribution >= 4 is 25.8 Å². The molecule has 1 aromatic carbocycles. The van der Waals surface area contributed by atoms with Gasteiger partial charge in [-0.25, -0.2) is 0 Å². The lowest BCUT2D eigenvalue weighted by molar-refractivity contribution is 0.148. The van der Waals surface area contributed by atoms with Gasteiger partial charge in [-0.05, 0) is 67.5 Å². The zero-order chi connectivity index (χ0) is 21.9. The lowest BCUT2D eigenvalue weighted by atomic mass is 10.3. The van der Waals surface area contributed by atoms with Crippen molar-refractivity contribution in [2.75, 3.05) is 0 Å². The van der Waals surface area contributed by atoms with Gasteiger partial charge in [0.25, 0.3) is 0 Å². The molecule has 0 radical (unpaired) electrons. The molecule has 8 nitrogen and oxygen atoms in total. The SMILES string of the molecule is CC(C)OP(=O)(OC(C)C)c1cc(O)c(P(=O)(OC(C)C)OC(C)C)cc1O. The molecule has 0 fully saturated rings. The van der Waals surface area contributed by atoms with Gasteiger partial charge in [-0.15, -0.1) is 0 Å². The average Bonchev–Trinajstić information content (AvgIpc) is 2.45. The van der Waals surface area contributed by atoms with Crippen LogP contribution >= 0.6 is 15.2 Å². The first-order chi connectivity index (χ1) is 12.7. The van der Waals surface area contributed by atoms with Crippen molar-refractivity contribution in [3.8, 4) is 11.5 Å². The van der Waals surface area contributed by atoms with Gasteiger partial charge in [-0.1, -0.05) is 0 Å². The van der Waals surface area contributed by atoms with Gasteiger partial charge >= 0.3 is 15.2 Å². The second-order valence-electron chi connectivity index (χ2n) is 7.44. The number of rotatable bonds is 10. The molecule has 0 saturated carbocycles. The van der Waals surface area contributed by atoms with Crippen LogP contribution in [0.25, 0.3) is 0 Å². The molecule has 1 rings (SSSR count). The van der Waals surface area contributed by atoms with Crippen molar-refractivity contribution < 1.29 is 37.4 Å². The van der Waals surface area contributed by atoms with Crippen LogP contribution in [0.4, 0.5) is 0 Å². The minimum absolute atomic E-state index is 0.225. The second kappa shape index (κ2) is 9.75. The molecule has 28 heavy (non-hydrogen) atoms. The summed E-state index contributed by atoms with van der Waals surface area (Å²) in [5.41, 5.74) is 0.